The van der Waals surface area contributed by atoms with Crippen LogP contribution in [-0.4, -0.2) is 24.4 Å². The fourth-order valence-corrected chi connectivity index (χ4v) is 4.30. The molecule has 3 N–H and O–H groups in total. The number of anilines is 2. The highest BCUT2D eigenvalue weighted by atomic mass is 16.5. The normalized spacial score (nSPS) is 11.1. The molecular weight excluding hydrogens is 488 g/mol. The molecule has 0 aromatic heterocycles. The van der Waals surface area contributed by atoms with Crippen molar-refractivity contribution in [2.45, 2.75) is 40.0 Å². The lowest BCUT2D eigenvalue weighted by atomic mass is 9.86. The average molecular weight is 525 g/mol. The van der Waals surface area contributed by atoms with Crippen molar-refractivity contribution < 1.29 is 19.4 Å². The van der Waals surface area contributed by atoms with Crippen LogP contribution in [0.3, 0.4) is 0 Å². The lowest BCUT2D eigenvalue weighted by molar-refractivity contribution is 0.0692. The molecule has 0 heterocycles. The number of carbonyl (C=O) groups is 1. The van der Waals surface area contributed by atoms with Crippen LogP contribution in [0.4, 0.5) is 11.4 Å². The number of aryl methyl sites for hydroxylation is 1. The molecule has 0 aliphatic rings. The zero-order valence-electron chi connectivity index (χ0n) is 23.2. The molecule has 0 amide bonds. The van der Waals surface area contributed by atoms with Crippen LogP contribution < -0.4 is 20.1 Å². The number of hydrogen-bond donors (Lipinski definition) is 3. The number of rotatable bonds is 10. The van der Waals surface area contributed by atoms with Crippen LogP contribution in [0.1, 0.15) is 49.2 Å². The van der Waals surface area contributed by atoms with Gasteiger partial charge in [0.2, 0.25) is 0 Å². The van der Waals surface area contributed by atoms with Crippen molar-refractivity contribution in [1.29, 1.82) is 0 Å². The van der Waals surface area contributed by atoms with Gasteiger partial charge < -0.3 is 25.2 Å². The molecule has 4 aromatic rings. The van der Waals surface area contributed by atoms with Crippen LogP contribution in [-0.2, 0) is 5.41 Å². The first-order chi connectivity index (χ1) is 18.7. The van der Waals surface area contributed by atoms with E-state index in [1.54, 1.807) is 12.1 Å². The van der Waals surface area contributed by atoms with Crippen molar-refractivity contribution in [2.75, 3.05) is 23.9 Å². The van der Waals surface area contributed by atoms with Gasteiger partial charge in [-0.2, -0.15) is 0 Å². The third-order valence-electron chi connectivity index (χ3n) is 6.36. The number of aromatic carboxylic acids is 1. The molecule has 0 aliphatic carbocycles. The lowest BCUT2D eigenvalue weighted by Crippen LogP contribution is -2.14. The Labute approximate surface area is 230 Å². The Bertz CT molecular complexity index is 1440. The first-order valence-corrected chi connectivity index (χ1v) is 13.1. The van der Waals surface area contributed by atoms with Gasteiger partial charge in [0.25, 0.3) is 0 Å². The van der Waals surface area contributed by atoms with Gasteiger partial charge in [0.05, 0.1) is 19.0 Å². The summed E-state index contributed by atoms with van der Waals surface area (Å²) in [7, 11) is 0. The zero-order chi connectivity index (χ0) is 28.0. The Morgan fingerprint density at radius 2 is 1.49 bits per heavy atom. The van der Waals surface area contributed by atoms with Gasteiger partial charge in [0.15, 0.2) is 5.75 Å². The predicted octanol–water partition coefficient (Wildman–Crippen LogP) is 8.33. The molecule has 0 spiro atoms. The van der Waals surface area contributed by atoms with E-state index in [-0.39, 0.29) is 11.0 Å². The second-order valence-corrected chi connectivity index (χ2v) is 10.4. The number of nitrogens with one attached hydrogen (secondary N) is 2. The summed E-state index contributed by atoms with van der Waals surface area (Å²) < 4.78 is 12.0. The van der Waals surface area contributed by atoms with Gasteiger partial charge in [-0.25, -0.2) is 4.79 Å². The molecule has 6 heteroatoms. The van der Waals surface area contributed by atoms with Crippen molar-refractivity contribution in [1.82, 2.24) is 0 Å². The Morgan fingerprint density at radius 1 is 0.821 bits per heavy atom. The highest BCUT2D eigenvalue weighted by Crippen LogP contribution is 2.39. The Kier molecular flexibility index (Phi) is 8.45. The molecule has 0 saturated carbocycles. The fourth-order valence-electron chi connectivity index (χ4n) is 4.30. The predicted molar refractivity (Wildman–Crippen MR) is 159 cm³/mol. The third-order valence-corrected chi connectivity index (χ3v) is 6.36. The summed E-state index contributed by atoms with van der Waals surface area (Å²) in [5.41, 5.74) is 5.75. The van der Waals surface area contributed by atoms with Crippen LogP contribution in [0.2, 0.25) is 0 Å². The first kappa shape index (κ1) is 27.6. The Hall–Kier alpha value is -4.45. The van der Waals surface area contributed by atoms with Crippen molar-refractivity contribution in [3.8, 4) is 28.4 Å². The van der Waals surface area contributed by atoms with Gasteiger partial charge >= 0.3 is 5.97 Å². The highest BCUT2D eigenvalue weighted by molar-refractivity contribution is 5.93. The Morgan fingerprint density at radius 3 is 2.15 bits per heavy atom. The molecule has 0 bridgehead atoms. The van der Waals surface area contributed by atoms with E-state index in [0.717, 1.165) is 33.8 Å². The van der Waals surface area contributed by atoms with E-state index < -0.39 is 5.97 Å². The molecule has 0 saturated heterocycles. The van der Waals surface area contributed by atoms with E-state index in [1.165, 1.54) is 5.56 Å². The number of para-hydroxylation sites is 1. The number of carboxylic acid groups (broad SMARTS) is 1. The SMILES string of the molecule is CCOc1ccc(-c2ccc(Oc3ccccc3C(C)(C)C)c(NCNc3ccc(C)cc3)c2)cc1C(=O)O. The molecule has 39 heavy (non-hydrogen) atoms. The Balaban J connectivity index is 1.69. The highest BCUT2D eigenvalue weighted by Gasteiger charge is 2.20. The van der Waals surface area contributed by atoms with Crippen molar-refractivity contribution in [3.05, 3.63) is 102 Å². The fraction of sp³-hybridized carbons (Fsp3) is 0.242. The van der Waals surface area contributed by atoms with Gasteiger partial charge in [-0.15, -0.1) is 0 Å². The van der Waals surface area contributed by atoms with E-state index in [4.69, 9.17) is 9.47 Å². The largest absolute Gasteiger partial charge is 0.493 e. The molecule has 0 radical (unpaired) electrons. The quantitative estimate of drug-likeness (QED) is 0.181. The van der Waals surface area contributed by atoms with Gasteiger partial charge in [-0.3, -0.25) is 0 Å². The molecule has 0 fully saturated rings. The summed E-state index contributed by atoms with van der Waals surface area (Å²) >= 11 is 0. The minimum absolute atomic E-state index is 0.0906. The van der Waals surface area contributed by atoms with E-state index >= 15 is 0 Å². The van der Waals surface area contributed by atoms with E-state index in [2.05, 4.69) is 56.5 Å². The summed E-state index contributed by atoms with van der Waals surface area (Å²) in [5, 5.41) is 16.6. The van der Waals surface area contributed by atoms with Crippen molar-refractivity contribution >= 4 is 17.3 Å². The number of carboxylic acids is 1. The first-order valence-electron chi connectivity index (χ1n) is 13.1. The smallest absolute Gasteiger partial charge is 0.339 e. The summed E-state index contributed by atoms with van der Waals surface area (Å²) in [6, 6.07) is 27.3. The minimum atomic E-state index is -1.03. The molecule has 0 aliphatic heterocycles. The average Bonchev–Trinajstić information content (AvgIpc) is 2.90. The van der Waals surface area contributed by atoms with E-state index in [0.29, 0.717) is 24.8 Å². The monoisotopic (exact) mass is 524 g/mol. The minimum Gasteiger partial charge on any atom is -0.493 e. The van der Waals surface area contributed by atoms with E-state index in [9.17, 15) is 9.90 Å². The molecule has 4 aromatic carbocycles. The molecule has 202 valence electrons. The standard InChI is InChI=1S/C33H36N2O4/c1-6-38-29-17-13-23(19-26(29)32(36)37)24-14-18-31(39-30-10-8-7-9-27(30)33(3,4)5)28(20-24)35-21-34-25-15-11-22(2)12-16-25/h7-20,34-35H,6,21H2,1-5H3,(H,36,37). The van der Waals surface area contributed by atoms with Gasteiger partial charge in [-0.1, -0.05) is 68.8 Å². The maximum Gasteiger partial charge on any atom is 0.339 e. The molecule has 6 nitrogen and oxygen atoms in total. The van der Waals surface area contributed by atoms with Gasteiger partial charge in [-0.05, 0) is 72.9 Å². The zero-order valence-corrected chi connectivity index (χ0v) is 23.2. The van der Waals surface area contributed by atoms with Crippen LogP contribution >= 0.6 is 0 Å². The third kappa shape index (κ3) is 6.90. The molecule has 0 unspecified atom stereocenters. The second kappa shape index (κ2) is 11.9. The molecular formula is C33H36N2O4. The summed E-state index contributed by atoms with van der Waals surface area (Å²) in [4.78, 5) is 11.9. The van der Waals surface area contributed by atoms with Crippen molar-refractivity contribution in [2.24, 2.45) is 0 Å². The van der Waals surface area contributed by atoms with Crippen LogP contribution in [0.5, 0.6) is 17.2 Å². The van der Waals surface area contributed by atoms with Gasteiger partial charge in [0.1, 0.15) is 17.1 Å². The molecule has 4 rings (SSSR count). The summed E-state index contributed by atoms with van der Waals surface area (Å²) in [6.07, 6.45) is 0. The molecule has 0 atom stereocenters. The summed E-state index contributed by atoms with van der Waals surface area (Å²) in [6.45, 7) is 11.2. The van der Waals surface area contributed by atoms with Crippen LogP contribution in [0, 0.1) is 6.92 Å². The number of hydrogen-bond acceptors (Lipinski definition) is 5. The maximum absolute atomic E-state index is 11.9. The van der Waals surface area contributed by atoms with Gasteiger partial charge in [0, 0.05) is 11.3 Å². The van der Waals surface area contributed by atoms with Crippen LogP contribution in [0.25, 0.3) is 11.1 Å². The maximum atomic E-state index is 11.9. The van der Waals surface area contributed by atoms with Crippen molar-refractivity contribution in [3.63, 3.8) is 0 Å². The summed E-state index contributed by atoms with van der Waals surface area (Å²) in [5.74, 6) is 0.792. The van der Waals surface area contributed by atoms with E-state index in [1.807, 2.05) is 61.5 Å². The van der Waals surface area contributed by atoms with Crippen LogP contribution in [0.15, 0.2) is 84.9 Å². The number of ether oxygens (including phenoxy) is 2. The second-order valence-electron chi connectivity index (χ2n) is 10.4. The lowest BCUT2D eigenvalue weighted by Gasteiger charge is -2.23. The number of benzene rings is 4. The topological polar surface area (TPSA) is 79.8 Å².